The second-order valence-corrected chi connectivity index (χ2v) is 4.35. The van der Waals surface area contributed by atoms with E-state index in [0.29, 0.717) is 5.02 Å². The first-order valence-corrected chi connectivity index (χ1v) is 6.05. The molecule has 0 aliphatic heterocycles. The van der Waals surface area contributed by atoms with Gasteiger partial charge < -0.3 is 10.1 Å². The standard InChI is InChI=1S/C14H10ClF2NO2/c15-9-4-5-12(17)13(6-9)18-14(19)8-20-11-3-1-2-10(16)7-11/h1-7H,8H2,(H,18,19). The van der Waals surface area contributed by atoms with Crippen LogP contribution in [0.25, 0.3) is 0 Å². The second kappa shape index (κ2) is 6.34. The van der Waals surface area contributed by atoms with Gasteiger partial charge in [-0.1, -0.05) is 17.7 Å². The number of nitrogens with one attached hydrogen (secondary N) is 1. The summed E-state index contributed by atoms with van der Waals surface area (Å²) in [7, 11) is 0. The Morgan fingerprint density at radius 1 is 1.20 bits per heavy atom. The van der Waals surface area contributed by atoms with Gasteiger partial charge in [-0.3, -0.25) is 4.79 Å². The lowest BCUT2D eigenvalue weighted by Crippen LogP contribution is -2.20. The van der Waals surface area contributed by atoms with Crippen molar-refractivity contribution in [2.45, 2.75) is 0 Å². The van der Waals surface area contributed by atoms with Crippen LogP contribution >= 0.6 is 11.6 Å². The highest BCUT2D eigenvalue weighted by atomic mass is 35.5. The first-order valence-electron chi connectivity index (χ1n) is 5.68. The summed E-state index contributed by atoms with van der Waals surface area (Å²) < 4.78 is 31.4. The van der Waals surface area contributed by atoms with E-state index in [0.717, 1.165) is 12.1 Å². The first-order chi connectivity index (χ1) is 9.54. The van der Waals surface area contributed by atoms with Crippen LogP contribution in [-0.2, 0) is 4.79 Å². The number of hydrogen-bond donors (Lipinski definition) is 1. The van der Waals surface area contributed by atoms with Gasteiger partial charge in [0, 0.05) is 11.1 Å². The molecule has 0 saturated heterocycles. The van der Waals surface area contributed by atoms with E-state index in [1.807, 2.05) is 0 Å². The van der Waals surface area contributed by atoms with Gasteiger partial charge in [0.25, 0.3) is 5.91 Å². The van der Waals surface area contributed by atoms with Crippen molar-refractivity contribution in [2.24, 2.45) is 0 Å². The molecule has 3 nitrogen and oxygen atoms in total. The molecule has 0 saturated carbocycles. The molecule has 0 heterocycles. The molecule has 2 rings (SSSR count). The number of hydrogen-bond acceptors (Lipinski definition) is 2. The smallest absolute Gasteiger partial charge is 0.262 e. The number of benzene rings is 2. The van der Waals surface area contributed by atoms with Gasteiger partial charge in [0.1, 0.15) is 17.4 Å². The number of anilines is 1. The summed E-state index contributed by atoms with van der Waals surface area (Å²) >= 11 is 5.70. The molecule has 0 bridgehead atoms. The van der Waals surface area contributed by atoms with Crippen LogP contribution in [0.2, 0.25) is 5.02 Å². The molecule has 2 aromatic rings. The van der Waals surface area contributed by atoms with Gasteiger partial charge >= 0.3 is 0 Å². The van der Waals surface area contributed by atoms with Crippen molar-refractivity contribution in [3.63, 3.8) is 0 Å². The fourth-order valence-corrected chi connectivity index (χ4v) is 1.66. The van der Waals surface area contributed by atoms with Crippen molar-refractivity contribution in [3.8, 4) is 5.75 Å². The highest BCUT2D eigenvalue weighted by Crippen LogP contribution is 2.19. The van der Waals surface area contributed by atoms with E-state index < -0.39 is 17.5 Å². The lowest BCUT2D eigenvalue weighted by atomic mass is 10.3. The summed E-state index contributed by atoms with van der Waals surface area (Å²) in [4.78, 5) is 11.6. The monoisotopic (exact) mass is 297 g/mol. The molecule has 104 valence electrons. The van der Waals surface area contributed by atoms with Crippen LogP contribution in [0.4, 0.5) is 14.5 Å². The van der Waals surface area contributed by atoms with Crippen LogP contribution in [0.3, 0.4) is 0 Å². The number of amides is 1. The first kappa shape index (κ1) is 14.3. The van der Waals surface area contributed by atoms with E-state index in [1.165, 1.54) is 30.3 Å². The third-order valence-corrected chi connectivity index (χ3v) is 2.60. The molecule has 1 amide bonds. The molecule has 2 aromatic carbocycles. The van der Waals surface area contributed by atoms with Gasteiger partial charge in [0.2, 0.25) is 0 Å². The van der Waals surface area contributed by atoms with E-state index in [9.17, 15) is 13.6 Å². The molecule has 0 radical (unpaired) electrons. The Bertz CT molecular complexity index is 634. The fourth-order valence-electron chi connectivity index (χ4n) is 1.49. The highest BCUT2D eigenvalue weighted by Gasteiger charge is 2.08. The van der Waals surface area contributed by atoms with Crippen molar-refractivity contribution in [1.82, 2.24) is 0 Å². The average molecular weight is 298 g/mol. The molecular weight excluding hydrogens is 288 g/mol. The van der Waals surface area contributed by atoms with Crippen molar-refractivity contribution >= 4 is 23.2 Å². The normalized spacial score (nSPS) is 10.2. The minimum absolute atomic E-state index is 0.0367. The summed E-state index contributed by atoms with van der Waals surface area (Å²) in [6.45, 7) is -0.366. The largest absolute Gasteiger partial charge is 0.484 e. The molecule has 6 heteroatoms. The zero-order chi connectivity index (χ0) is 14.5. The summed E-state index contributed by atoms with van der Waals surface area (Å²) in [5, 5.41) is 2.62. The highest BCUT2D eigenvalue weighted by molar-refractivity contribution is 6.30. The van der Waals surface area contributed by atoms with E-state index in [1.54, 1.807) is 0 Å². The summed E-state index contributed by atoms with van der Waals surface area (Å²) in [6.07, 6.45) is 0. The average Bonchev–Trinajstić information content (AvgIpc) is 2.41. The Morgan fingerprint density at radius 3 is 2.75 bits per heavy atom. The predicted octanol–water partition coefficient (Wildman–Crippen LogP) is 3.64. The predicted molar refractivity (Wildman–Crippen MR) is 71.9 cm³/mol. The molecule has 1 N–H and O–H groups in total. The molecule has 0 aliphatic rings. The summed E-state index contributed by atoms with van der Waals surface area (Å²) in [5.74, 6) is -1.43. The minimum atomic E-state index is -0.603. The van der Waals surface area contributed by atoms with E-state index in [4.69, 9.17) is 16.3 Å². The third-order valence-electron chi connectivity index (χ3n) is 2.37. The Morgan fingerprint density at radius 2 is 2.00 bits per heavy atom. The van der Waals surface area contributed by atoms with Gasteiger partial charge in [-0.25, -0.2) is 8.78 Å². The lowest BCUT2D eigenvalue weighted by Gasteiger charge is -2.08. The zero-order valence-corrected chi connectivity index (χ0v) is 11.0. The maximum atomic E-state index is 13.4. The molecule has 20 heavy (non-hydrogen) atoms. The number of rotatable bonds is 4. The van der Waals surface area contributed by atoms with Crippen LogP contribution in [0.5, 0.6) is 5.75 Å². The number of carbonyl (C=O) groups excluding carboxylic acids is 1. The van der Waals surface area contributed by atoms with E-state index in [2.05, 4.69) is 5.32 Å². The maximum absolute atomic E-state index is 13.4. The molecule has 0 spiro atoms. The molecule has 0 unspecified atom stereocenters. The maximum Gasteiger partial charge on any atom is 0.262 e. The second-order valence-electron chi connectivity index (χ2n) is 3.92. The van der Waals surface area contributed by atoms with Gasteiger partial charge in [0.15, 0.2) is 6.61 Å². The molecule has 0 atom stereocenters. The van der Waals surface area contributed by atoms with Crippen LogP contribution in [0.1, 0.15) is 0 Å². The van der Waals surface area contributed by atoms with Crippen LogP contribution < -0.4 is 10.1 Å². The van der Waals surface area contributed by atoms with E-state index in [-0.39, 0.29) is 18.0 Å². The number of carbonyl (C=O) groups is 1. The fraction of sp³-hybridized carbons (Fsp3) is 0.0714. The quantitative estimate of drug-likeness (QED) is 0.936. The lowest BCUT2D eigenvalue weighted by molar-refractivity contribution is -0.118. The van der Waals surface area contributed by atoms with Crippen molar-refractivity contribution in [3.05, 3.63) is 59.1 Å². The SMILES string of the molecule is O=C(COc1cccc(F)c1)Nc1cc(Cl)ccc1F. The van der Waals surface area contributed by atoms with Gasteiger partial charge in [-0.05, 0) is 30.3 Å². The van der Waals surface area contributed by atoms with Gasteiger partial charge in [0.05, 0.1) is 5.69 Å². The molecule has 0 aromatic heterocycles. The zero-order valence-electron chi connectivity index (χ0n) is 10.2. The third kappa shape index (κ3) is 3.93. The number of ether oxygens (including phenoxy) is 1. The van der Waals surface area contributed by atoms with Crippen LogP contribution in [0.15, 0.2) is 42.5 Å². The Labute approximate surface area is 119 Å². The summed E-state index contributed by atoms with van der Waals surface area (Å²) in [6, 6.07) is 9.18. The molecule has 0 aliphatic carbocycles. The van der Waals surface area contributed by atoms with Crippen molar-refractivity contribution < 1.29 is 18.3 Å². The van der Waals surface area contributed by atoms with Gasteiger partial charge in [-0.2, -0.15) is 0 Å². The number of halogens is 3. The Hall–Kier alpha value is -2.14. The van der Waals surface area contributed by atoms with Crippen molar-refractivity contribution in [1.29, 1.82) is 0 Å². The molecule has 0 fully saturated rings. The summed E-state index contributed by atoms with van der Waals surface area (Å²) in [5.41, 5.74) is -0.0367. The Kier molecular flexibility index (Phi) is 4.53. The van der Waals surface area contributed by atoms with Crippen molar-refractivity contribution in [2.75, 3.05) is 11.9 Å². The van der Waals surface area contributed by atoms with Crippen LogP contribution in [0, 0.1) is 11.6 Å². The topological polar surface area (TPSA) is 38.3 Å². The van der Waals surface area contributed by atoms with E-state index >= 15 is 0 Å². The Balaban J connectivity index is 1.94. The van der Waals surface area contributed by atoms with Gasteiger partial charge in [-0.15, -0.1) is 0 Å². The molecular formula is C14H10ClF2NO2. The van der Waals surface area contributed by atoms with Crippen LogP contribution in [-0.4, -0.2) is 12.5 Å². The minimum Gasteiger partial charge on any atom is -0.484 e.